The summed E-state index contributed by atoms with van der Waals surface area (Å²) in [5.74, 6) is -5.16. The zero-order valence-electron chi connectivity index (χ0n) is 17.9. The molecule has 3 heterocycles. The molecule has 0 unspecified atom stereocenters. The van der Waals surface area contributed by atoms with Crippen LogP contribution in [-0.2, 0) is 19.0 Å². The van der Waals surface area contributed by atoms with Gasteiger partial charge in [-0.15, -0.1) is 0 Å². The number of halogens is 5. The Morgan fingerprint density at radius 2 is 1.85 bits per heavy atom. The summed E-state index contributed by atoms with van der Waals surface area (Å²) >= 11 is 0. The number of aromatic nitrogens is 3. The number of hydrogen-bond acceptors (Lipinski definition) is 4. The first kappa shape index (κ1) is 22.7. The lowest BCUT2D eigenvalue weighted by molar-refractivity contribution is -0.159. The maximum Gasteiger partial charge on any atom is 0.433 e. The first-order chi connectivity index (χ1) is 16.1. The zero-order chi connectivity index (χ0) is 24.3. The summed E-state index contributed by atoms with van der Waals surface area (Å²) in [6, 6.07) is 3.65. The highest BCUT2D eigenvalue weighted by atomic mass is 19.4. The third kappa shape index (κ3) is 3.71. The molecule has 1 aromatic carbocycles. The smallest absolute Gasteiger partial charge is 0.382 e. The van der Waals surface area contributed by atoms with Gasteiger partial charge in [-0.1, -0.05) is 0 Å². The molecule has 34 heavy (non-hydrogen) atoms. The number of likely N-dealkylation sites (tertiary alicyclic amines) is 1. The molecule has 1 amide bonds. The summed E-state index contributed by atoms with van der Waals surface area (Å²) < 4.78 is 69.0. The van der Waals surface area contributed by atoms with Crippen LogP contribution in [0.3, 0.4) is 0 Å². The van der Waals surface area contributed by atoms with Crippen LogP contribution in [0.1, 0.15) is 51.7 Å². The Bertz CT molecular complexity index is 1230. The van der Waals surface area contributed by atoms with Gasteiger partial charge < -0.3 is 10.0 Å². The van der Waals surface area contributed by atoms with Gasteiger partial charge in [-0.05, 0) is 55.0 Å². The average Bonchev–Trinajstić information content (AvgIpc) is 3.27. The molecule has 1 fully saturated rings. The van der Waals surface area contributed by atoms with Crippen LogP contribution in [0.15, 0.2) is 30.6 Å². The van der Waals surface area contributed by atoms with Gasteiger partial charge in [0.1, 0.15) is 11.8 Å². The molecule has 2 N–H and O–H groups in total. The van der Waals surface area contributed by atoms with Crippen molar-refractivity contribution in [3.63, 3.8) is 0 Å². The number of aliphatic hydroxyl groups is 1. The van der Waals surface area contributed by atoms with Gasteiger partial charge in [0.05, 0.1) is 17.3 Å². The molecule has 0 saturated carbocycles. The van der Waals surface area contributed by atoms with Gasteiger partial charge in [-0.25, -0.2) is 8.78 Å². The fraction of sp³-hybridized carbons (Fsp3) is 0.435. The van der Waals surface area contributed by atoms with Crippen LogP contribution in [0.25, 0.3) is 10.9 Å². The lowest BCUT2D eigenvalue weighted by Crippen LogP contribution is -2.45. The highest BCUT2D eigenvalue weighted by Gasteiger charge is 2.50. The fourth-order valence-electron chi connectivity index (χ4n) is 4.88. The standard InChI is InChI=1S/C23H21F5N4O2/c24-22(25,20(33)18-16-3-1-12(16)9-14-11-30-31-19(14)18)15-5-7-32(8-6-15)21(34)13-2-4-17(29-10-13)23(26,27)28/h2,4,9-11,15,20,33H,1,3,5-8H2,(H,30,31)/t20-/m1/s1. The average molecular weight is 480 g/mol. The SMILES string of the molecule is O=C(c1ccc(C(F)(F)F)nc1)N1CCC(C(F)(F)[C@H](O)c2c3c(cc4cn[nH]c24)CC3)CC1. The number of benzene rings is 1. The molecule has 11 heteroatoms. The van der Waals surface area contributed by atoms with E-state index >= 15 is 8.78 Å². The van der Waals surface area contributed by atoms with E-state index in [2.05, 4.69) is 15.2 Å². The second kappa shape index (κ2) is 8.00. The highest BCUT2D eigenvalue weighted by Crippen LogP contribution is 2.47. The number of rotatable bonds is 4. The summed E-state index contributed by atoms with van der Waals surface area (Å²) in [5.41, 5.74) is 1.11. The predicted octanol–water partition coefficient (Wildman–Crippen LogP) is 4.30. The number of amides is 1. The van der Waals surface area contributed by atoms with Crippen LogP contribution in [-0.4, -0.2) is 50.1 Å². The molecule has 3 aromatic rings. The molecule has 180 valence electrons. The minimum absolute atomic E-state index is 0.000796. The van der Waals surface area contributed by atoms with Crippen molar-refractivity contribution < 1.29 is 31.9 Å². The third-order valence-electron chi connectivity index (χ3n) is 6.89. The Morgan fingerprint density at radius 3 is 2.44 bits per heavy atom. The van der Waals surface area contributed by atoms with Gasteiger partial charge in [-0.2, -0.15) is 18.3 Å². The Hall–Kier alpha value is -3.08. The molecule has 1 aliphatic heterocycles. The van der Waals surface area contributed by atoms with E-state index in [-0.39, 0.29) is 37.1 Å². The number of carbonyl (C=O) groups is 1. The molecule has 2 aromatic heterocycles. The van der Waals surface area contributed by atoms with E-state index in [0.717, 1.165) is 35.9 Å². The first-order valence-corrected chi connectivity index (χ1v) is 10.9. The van der Waals surface area contributed by atoms with Crippen molar-refractivity contribution >= 4 is 16.8 Å². The van der Waals surface area contributed by atoms with Gasteiger partial charge >= 0.3 is 6.18 Å². The number of alkyl halides is 5. The number of pyridine rings is 1. The second-order valence-electron chi connectivity index (χ2n) is 8.84. The van der Waals surface area contributed by atoms with Crippen LogP contribution < -0.4 is 0 Å². The Morgan fingerprint density at radius 1 is 1.12 bits per heavy atom. The van der Waals surface area contributed by atoms with Gasteiger partial charge in [0.15, 0.2) is 0 Å². The number of carbonyl (C=O) groups excluding carboxylic acids is 1. The lowest BCUT2D eigenvalue weighted by atomic mass is 9.77. The van der Waals surface area contributed by atoms with E-state index in [1.165, 1.54) is 4.90 Å². The number of aryl methyl sites for hydroxylation is 1. The number of piperidine rings is 1. The van der Waals surface area contributed by atoms with Crippen molar-refractivity contribution in [2.45, 2.75) is 43.9 Å². The highest BCUT2D eigenvalue weighted by molar-refractivity contribution is 5.94. The van der Waals surface area contributed by atoms with E-state index in [9.17, 15) is 23.1 Å². The zero-order valence-corrected chi connectivity index (χ0v) is 17.9. The molecular formula is C23H21F5N4O2. The maximum atomic E-state index is 15.5. The molecule has 0 bridgehead atoms. The number of aromatic amines is 1. The first-order valence-electron chi connectivity index (χ1n) is 10.9. The molecule has 5 rings (SSSR count). The summed E-state index contributed by atoms with van der Waals surface area (Å²) in [6.45, 7) is -0.00159. The topological polar surface area (TPSA) is 82.1 Å². The number of nitrogens with one attached hydrogen (secondary N) is 1. The summed E-state index contributed by atoms with van der Waals surface area (Å²) in [4.78, 5) is 17.2. The molecular weight excluding hydrogens is 459 g/mol. The van der Waals surface area contributed by atoms with Crippen LogP contribution >= 0.6 is 0 Å². The number of aliphatic hydroxyl groups excluding tert-OH is 1. The molecule has 1 aliphatic carbocycles. The quantitative estimate of drug-likeness (QED) is 0.546. The van der Waals surface area contributed by atoms with Crippen LogP contribution in [0.2, 0.25) is 0 Å². The maximum absolute atomic E-state index is 15.5. The van der Waals surface area contributed by atoms with E-state index in [4.69, 9.17) is 0 Å². The summed E-state index contributed by atoms with van der Waals surface area (Å²) in [7, 11) is 0. The van der Waals surface area contributed by atoms with Crippen molar-refractivity contribution in [1.29, 1.82) is 0 Å². The number of hydrogen-bond donors (Lipinski definition) is 2. The second-order valence-corrected chi connectivity index (χ2v) is 8.84. The Labute approximate surface area is 190 Å². The van der Waals surface area contributed by atoms with Crippen LogP contribution in [0.4, 0.5) is 22.0 Å². The fourth-order valence-corrected chi connectivity index (χ4v) is 4.88. The number of nitrogens with zero attached hydrogens (tertiary/aromatic N) is 3. The van der Waals surface area contributed by atoms with E-state index in [1.807, 2.05) is 6.07 Å². The summed E-state index contributed by atoms with van der Waals surface area (Å²) in [5, 5.41) is 18.2. The largest absolute Gasteiger partial charge is 0.433 e. The van der Waals surface area contributed by atoms with Crippen LogP contribution in [0.5, 0.6) is 0 Å². The normalized spacial score (nSPS) is 18.0. The Kier molecular flexibility index (Phi) is 5.34. The lowest BCUT2D eigenvalue weighted by Gasteiger charge is -2.39. The predicted molar refractivity (Wildman–Crippen MR) is 111 cm³/mol. The van der Waals surface area contributed by atoms with E-state index in [1.54, 1.807) is 6.20 Å². The molecule has 0 radical (unpaired) electrons. The van der Waals surface area contributed by atoms with Gasteiger partial charge in [0, 0.05) is 36.2 Å². The van der Waals surface area contributed by atoms with Gasteiger partial charge in [-0.3, -0.25) is 14.9 Å². The van der Waals surface area contributed by atoms with Gasteiger partial charge in [0.2, 0.25) is 0 Å². The van der Waals surface area contributed by atoms with Crippen molar-refractivity contribution in [3.05, 3.63) is 58.5 Å². The van der Waals surface area contributed by atoms with Crippen molar-refractivity contribution in [2.24, 2.45) is 5.92 Å². The molecule has 0 spiro atoms. The van der Waals surface area contributed by atoms with E-state index < -0.39 is 35.7 Å². The van der Waals surface area contributed by atoms with Crippen LogP contribution in [0, 0.1) is 5.92 Å². The van der Waals surface area contributed by atoms with Gasteiger partial charge in [0.25, 0.3) is 11.8 Å². The molecule has 1 atom stereocenters. The van der Waals surface area contributed by atoms with Crippen molar-refractivity contribution in [1.82, 2.24) is 20.1 Å². The molecule has 6 nitrogen and oxygen atoms in total. The Balaban J connectivity index is 1.29. The number of fused-ring (bicyclic) bond motifs is 2. The number of H-pyrrole nitrogens is 1. The summed E-state index contributed by atoms with van der Waals surface area (Å²) in [6.07, 6.45) is -2.97. The third-order valence-corrected chi connectivity index (χ3v) is 6.89. The van der Waals surface area contributed by atoms with Crippen molar-refractivity contribution in [2.75, 3.05) is 13.1 Å². The van der Waals surface area contributed by atoms with Crippen molar-refractivity contribution in [3.8, 4) is 0 Å². The minimum Gasteiger partial charge on any atom is -0.382 e. The van der Waals surface area contributed by atoms with E-state index in [0.29, 0.717) is 17.3 Å². The monoisotopic (exact) mass is 480 g/mol. The minimum atomic E-state index is -4.62. The molecule has 2 aliphatic rings. The molecule has 1 saturated heterocycles.